The first-order valence-electron chi connectivity index (χ1n) is 11.3. The van der Waals surface area contributed by atoms with Gasteiger partial charge < -0.3 is 24.8 Å². The van der Waals surface area contributed by atoms with Gasteiger partial charge in [0, 0.05) is 52.1 Å². The van der Waals surface area contributed by atoms with Crippen molar-refractivity contribution in [1.29, 1.82) is 0 Å². The summed E-state index contributed by atoms with van der Waals surface area (Å²) in [7, 11) is 2.17. The SMILES string of the molecule is CCNC(=NCc1cccc(OCCN(C)C2CCOCC2)c1)NCCCOCC. The Morgan fingerprint density at radius 3 is 2.80 bits per heavy atom. The molecule has 0 unspecified atom stereocenters. The van der Waals surface area contributed by atoms with Gasteiger partial charge in [0.15, 0.2) is 5.96 Å². The Hall–Kier alpha value is -1.83. The van der Waals surface area contributed by atoms with E-state index in [0.717, 1.165) is 82.6 Å². The fraction of sp³-hybridized carbons (Fsp3) is 0.696. The first-order chi connectivity index (χ1) is 14.7. The molecule has 2 N–H and O–H groups in total. The second-order valence-corrected chi connectivity index (χ2v) is 7.49. The molecule has 0 radical (unpaired) electrons. The van der Waals surface area contributed by atoms with E-state index in [9.17, 15) is 0 Å². The molecule has 170 valence electrons. The normalized spacial score (nSPS) is 15.4. The van der Waals surface area contributed by atoms with E-state index in [-0.39, 0.29) is 0 Å². The average Bonchev–Trinajstić information content (AvgIpc) is 2.78. The summed E-state index contributed by atoms with van der Waals surface area (Å²) in [5.41, 5.74) is 1.14. The van der Waals surface area contributed by atoms with Crippen LogP contribution in [0.25, 0.3) is 0 Å². The molecule has 0 aliphatic carbocycles. The van der Waals surface area contributed by atoms with E-state index in [4.69, 9.17) is 19.2 Å². The maximum absolute atomic E-state index is 6.00. The Kier molecular flexibility index (Phi) is 12.3. The molecule has 30 heavy (non-hydrogen) atoms. The van der Waals surface area contributed by atoms with Gasteiger partial charge in [-0.3, -0.25) is 4.90 Å². The van der Waals surface area contributed by atoms with E-state index < -0.39 is 0 Å². The highest BCUT2D eigenvalue weighted by atomic mass is 16.5. The topological polar surface area (TPSA) is 67.4 Å². The number of rotatable bonds is 13. The van der Waals surface area contributed by atoms with Gasteiger partial charge in [0.2, 0.25) is 0 Å². The van der Waals surface area contributed by atoms with Crippen LogP contribution in [0.4, 0.5) is 0 Å². The molecule has 7 heteroatoms. The molecule has 1 aromatic carbocycles. The van der Waals surface area contributed by atoms with Gasteiger partial charge in [-0.2, -0.15) is 0 Å². The number of likely N-dealkylation sites (N-methyl/N-ethyl adjacent to an activating group) is 1. The van der Waals surface area contributed by atoms with Crippen molar-refractivity contribution in [3.63, 3.8) is 0 Å². The Bertz CT molecular complexity index is 606. The zero-order valence-electron chi connectivity index (χ0n) is 19.0. The third-order valence-electron chi connectivity index (χ3n) is 5.15. The smallest absolute Gasteiger partial charge is 0.191 e. The van der Waals surface area contributed by atoms with Crippen LogP contribution in [0.1, 0.15) is 38.7 Å². The van der Waals surface area contributed by atoms with Crippen LogP contribution in [0.2, 0.25) is 0 Å². The molecule has 1 aliphatic heterocycles. The maximum Gasteiger partial charge on any atom is 0.191 e. The molecule has 1 heterocycles. The fourth-order valence-electron chi connectivity index (χ4n) is 3.39. The lowest BCUT2D eigenvalue weighted by Crippen LogP contribution is -2.38. The molecule has 1 saturated heterocycles. The predicted octanol–water partition coefficient (Wildman–Crippen LogP) is 2.66. The Labute approximate surface area is 182 Å². The lowest BCUT2D eigenvalue weighted by atomic mass is 10.1. The number of benzene rings is 1. The third kappa shape index (κ3) is 9.78. The second kappa shape index (κ2) is 15.0. The largest absolute Gasteiger partial charge is 0.492 e. The van der Waals surface area contributed by atoms with Crippen molar-refractivity contribution in [2.24, 2.45) is 4.99 Å². The van der Waals surface area contributed by atoms with Crippen LogP contribution in [0.5, 0.6) is 5.75 Å². The number of aliphatic imine (C=N–C) groups is 1. The van der Waals surface area contributed by atoms with E-state index >= 15 is 0 Å². The van der Waals surface area contributed by atoms with Crippen LogP contribution in [0.15, 0.2) is 29.3 Å². The van der Waals surface area contributed by atoms with E-state index in [2.05, 4.69) is 41.6 Å². The fourth-order valence-corrected chi connectivity index (χ4v) is 3.39. The van der Waals surface area contributed by atoms with Crippen molar-refractivity contribution in [2.45, 2.75) is 45.7 Å². The van der Waals surface area contributed by atoms with Gasteiger partial charge in [-0.05, 0) is 57.9 Å². The molecule has 0 aromatic heterocycles. The molecular weight excluding hydrogens is 380 g/mol. The van der Waals surface area contributed by atoms with E-state index in [1.807, 2.05) is 19.1 Å². The maximum atomic E-state index is 6.00. The number of ether oxygens (including phenoxy) is 3. The summed E-state index contributed by atoms with van der Waals surface area (Å²) >= 11 is 0. The Morgan fingerprint density at radius 2 is 2.03 bits per heavy atom. The summed E-state index contributed by atoms with van der Waals surface area (Å²) in [6.45, 7) is 11.3. The molecule has 1 aromatic rings. The molecule has 2 rings (SSSR count). The van der Waals surface area contributed by atoms with Crippen LogP contribution < -0.4 is 15.4 Å². The monoisotopic (exact) mass is 420 g/mol. The Morgan fingerprint density at radius 1 is 1.20 bits per heavy atom. The van der Waals surface area contributed by atoms with E-state index in [1.165, 1.54) is 0 Å². The van der Waals surface area contributed by atoms with Crippen molar-refractivity contribution in [3.8, 4) is 5.75 Å². The highest BCUT2D eigenvalue weighted by Crippen LogP contribution is 2.15. The lowest BCUT2D eigenvalue weighted by molar-refractivity contribution is 0.0392. The molecule has 0 spiro atoms. The van der Waals surface area contributed by atoms with Crippen LogP contribution in [-0.4, -0.2) is 76.6 Å². The van der Waals surface area contributed by atoms with Gasteiger partial charge in [-0.25, -0.2) is 4.99 Å². The molecule has 0 saturated carbocycles. The molecule has 1 fully saturated rings. The predicted molar refractivity (Wildman–Crippen MR) is 122 cm³/mol. The van der Waals surface area contributed by atoms with Crippen LogP contribution in [0, 0.1) is 0 Å². The average molecular weight is 421 g/mol. The van der Waals surface area contributed by atoms with Gasteiger partial charge in [-0.15, -0.1) is 0 Å². The molecule has 0 atom stereocenters. The van der Waals surface area contributed by atoms with Crippen molar-refractivity contribution in [2.75, 3.05) is 59.7 Å². The quantitative estimate of drug-likeness (QED) is 0.291. The van der Waals surface area contributed by atoms with Crippen LogP contribution >= 0.6 is 0 Å². The molecule has 0 bridgehead atoms. The molecule has 0 amide bonds. The standard InChI is InChI=1S/C23H40N4O3/c1-4-24-23(25-12-7-14-28-5-2)26-19-20-8-6-9-22(18-20)30-17-13-27(3)21-10-15-29-16-11-21/h6,8-9,18,21H,4-5,7,10-17,19H2,1-3H3,(H2,24,25,26). The molecule has 7 nitrogen and oxygen atoms in total. The number of guanidine groups is 1. The summed E-state index contributed by atoms with van der Waals surface area (Å²) in [6, 6.07) is 8.82. The summed E-state index contributed by atoms with van der Waals surface area (Å²) in [6.07, 6.45) is 3.18. The van der Waals surface area contributed by atoms with Crippen molar-refractivity contribution in [1.82, 2.24) is 15.5 Å². The van der Waals surface area contributed by atoms with Gasteiger partial charge in [0.05, 0.1) is 6.54 Å². The van der Waals surface area contributed by atoms with Crippen LogP contribution in [0.3, 0.4) is 0 Å². The van der Waals surface area contributed by atoms with Crippen molar-refractivity contribution >= 4 is 5.96 Å². The van der Waals surface area contributed by atoms with Gasteiger partial charge in [-0.1, -0.05) is 12.1 Å². The minimum Gasteiger partial charge on any atom is -0.492 e. The van der Waals surface area contributed by atoms with Crippen LogP contribution in [-0.2, 0) is 16.0 Å². The summed E-state index contributed by atoms with van der Waals surface area (Å²) < 4.78 is 16.8. The zero-order chi connectivity index (χ0) is 21.4. The summed E-state index contributed by atoms with van der Waals surface area (Å²) in [5.74, 6) is 1.73. The first kappa shape index (κ1) is 24.4. The zero-order valence-corrected chi connectivity index (χ0v) is 19.0. The van der Waals surface area contributed by atoms with Gasteiger partial charge in [0.25, 0.3) is 0 Å². The molecular formula is C23H40N4O3. The van der Waals surface area contributed by atoms with Gasteiger partial charge in [0.1, 0.15) is 12.4 Å². The summed E-state index contributed by atoms with van der Waals surface area (Å²) in [4.78, 5) is 7.08. The highest BCUT2D eigenvalue weighted by Gasteiger charge is 2.17. The molecule has 1 aliphatic rings. The third-order valence-corrected chi connectivity index (χ3v) is 5.15. The Balaban J connectivity index is 1.76. The number of nitrogens with one attached hydrogen (secondary N) is 2. The second-order valence-electron chi connectivity index (χ2n) is 7.49. The number of nitrogens with zero attached hydrogens (tertiary/aromatic N) is 2. The van der Waals surface area contributed by atoms with Crippen molar-refractivity contribution in [3.05, 3.63) is 29.8 Å². The van der Waals surface area contributed by atoms with E-state index in [0.29, 0.717) is 19.2 Å². The lowest BCUT2D eigenvalue weighted by Gasteiger charge is -2.31. The number of hydrogen-bond acceptors (Lipinski definition) is 5. The number of hydrogen-bond donors (Lipinski definition) is 2. The minimum absolute atomic E-state index is 0.605. The highest BCUT2D eigenvalue weighted by molar-refractivity contribution is 5.79. The van der Waals surface area contributed by atoms with Gasteiger partial charge >= 0.3 is 0 Å². The summed E-state index contributed by atoms with van der Waals surface area (Å²) in [5, 5.41) is 6.64. The van der Waals surface area contributed by atoms with E-state index in [1.54, 1.807) is 0 Å². The van der Waals surface area contributed by atoms with Crippen molar-refractivity contribution < 1.29 is 14.2 Å². The first-order valence-corrected chi connectivity index (χ1v) is 11.3. The minimum atomic E-state index is 0.605.